The number of amides is 1. The summed E-state index contributed by atoms with van der Waals surface area (Å²) in [6, 6.07) is 7.80. The molecule has 0 aromatic heterocycles. The van der Waals surface area contributed by atoms with Crippen LogP contribution in [0.15, 0.2) is 24.3 Å². The fourth-order valence-corrected chi connectivity index (χ4v) is 2.76. The molecule has 1 fully saturated rings. The first kappa shape index (κ1) is 15.8. The van der Waals surface area contributed by atoms with Crippen LogP contribution in [0, 0.1) is 6.92 Å². The Labute approximate surface area is 122 Å². The lowest BCUT2D eigenvalue weighted by Crippen LogP contribution is -2.40. The number of aryl methyl sites for hydroxylation is 1. The summed E-state index contributed by atoms with van der Waals surface area (Å²) in [5, 5.41) is 2.17. The van der Waals surface area contributed by atoms with Crippen molar-refractivity contribution in [3.05, 3.63) is 35.4 Å². The zero-order valence-corrected chi connectivity index (χ0v) is 11.9. The van der Waals surface area contributed by atoms with Gasteiger partial charge >= 0.3 is 6.18 Å². The van der Waals surface area contributed by atoms with Crippen molar-refractivity contribution in [1.29, 1.82) is 0 Å². The van der Waals surface area contributed by atoms with Crippen LogP contribution in [-0.2, 0) is 4.79 Å². The lowest BCUT2D eigenvalue weighted by Gasteiger charge is -2.26. The third-order valence-electron chi connectivity index (χ3n) is 3.72. The Kier molecular flexibility index (Phi) is 4.88. The second-order valence-electron chi connectivity index (χ2n) is 5.32. The van der Waals surface area contributed by atoms with E-state index in [0.717, 1.165) is 24.0 Å². The molecule has 0 aliphatic carbocycles. The zero-order valence-electron chi connectivity index (χ0n) is 11.9. The summed E-state index contributed by atoms with van der Waals surface area (Å²) in [6.07, 6.45) is -2.55. The molecule has 1 saturated heterocycles. The number of likely N-dealkylation sites (tertiary alicyclic amines) is 1. The van der Waals surface area contributed by atoms with Crippen LogP contribution in [0.2, 0.25) is 0 Å². The molecule has 0 bridgehead atoms. The molecule has 116 valence electrons. The van der Waals surface area contributed by atoms with E-state index in [9.17, 15) is 18.0 Å². The van der Waals surface area contributed by atoms with Crippen molar-refractivity contribution in [2.24, 2.45) is 0 Å². The summed E-state index contributed by atoms with van der Waals surface area (Å²) in [5.41, 5.74) is 2.18. The number of hydrogen-bond donors (Lipinski definition) is 1. The van der Waals surface area contributed by atoms with E-state index in [0.29, 0.717) is 6.54 Å². The fourth-order valence-electron chi connectivity index (χ4n) is 2.76. The molecule has 1 unspecified atom stereocenters. The molecule has 3 nitrogen and oxygen atoms in total. The summed E-state index contributed by atoms with van der Waals surface area (Å²) in [7, 11) is 0. The van der Waals surface area contributed by atoms with Crippen LogP contribution >= 0.6 is 0 Å². The van der Waals surface area contributed by atoms with Crippen LogP contribution in [0.4, 0.5) is 13.2 Å². The molecule has 1 N–H and O–H groups in total. The van der Waals surface area contributed by atoms with Gasteiger partial charge in [-0.15, -0.1) is 0 Å². The average molecular weight is 300 g/mol. The van der Waals surface area contributed by atoms with Crippen LogP contribution in [0.3, 0.4) is 0 Å². The van der Waals surface area contributed by atoms with E-state index in [-0.39, 0.29) is 18.5 Å². The van der Waals surface area contributed by atoms with Crippen molar-refractivity contribution in [1.82, 2.24) is 10.2 Å². The van der Waals surface area contributed by atoms with E-state index >= 15 is 0 Å². The summed E-state index contributed by atoms with van der Waals surface area (Å²) < 4.78 is 36.3. The Hall–Kier alpha value is -1.56. The van der Waals surface area contributed by atoms with Gasteiger partial charge in [0, 0.05) is 6.54 Å². The minimum Gasteiger partial charge on any atom is -0.335 e. The number of halogens is 3. The second kappa shape index (κ2) is 6.47. The van der Waals surface area contributed by atoms with Gasteiger partial charge in [-0.2, -0.15) is 13.2 Å². The Morgan fingerprint density at radius 3 is 2.76 bits per heavy atom. The number of hydrogen-bond acceptors (Lipinski definition) is 2. The van der Waals surface area contributed by atoms with Crippen molar-refractivity contribution in [2.45, 2.75) is 32.0 Å². The van der Waals surface area contributed by atoms with E-state index in [1.54, 1.807) is 4.90 Å². The van der Waals surface area contributed by atoms with Crippen molar-refractivity contribution >= 4 is 5.91 Å². The van der Waals surface area contributed by atoms with Crippen LogP contribution in [-0.4, -0.2) is 36.6 Å². The maximum atomic E-state index is 12.1. The summed E-state index contributed by atoms with van der Waals surface area (Å²) in [5.74, 6) is -0.273. The molecule has 1 aliphatic heterocycles. The molecular weight excluding hydrogens is 281 g/mol. The number of carbonyl (C=O) groups excluding carboxylic acids is 1. The van der Waals surface area contributed by atoms with Gasteiger partial charge in [0.15, 0.2) is 0 Å². The Morgan fingerprint density at radius 2 is 2.10 bits per heavy atom. The van der Waals surface area contributed by atoms with Gasteiger partial charge in [0.05, 0.1) is 19.1 Å². The minimum absolute atomic E-state index is 0.0219. The highest BCUT2D eigenvalue weighted by molar-refractivity contribution is 5.79. The van der Waals surface area contributed by atoms with Gasteiger partial charge in [0.1, 0.15) is 0 Å². The van der Waals surface area contributed by atoms with Gasteiger partial charge in [-0.1, -0.05) is 24.3 Å². The highest BCUT2D eigenvalue weighted by Crippen LogP contribution is 2.33. The van der Waals surface area contributed by atoms with E-state index in [2.05, 4.69) is 5.32 Å². The van der Waals surface area contributed by atoms with Gasteiger partial charge in [-0.3, -0.25) is 4.79 Å². The minimum atomic E-state index is -4.29. The summed E-state index contributed by atoms with van der Waals surface area (Å²) in [4.78, 5) is 13.8. The lowest BCUT2D eigenvalue weighted by molar-refractivity contribution is -0.134. The quantitative estimate of drug-likeness (QED) is 0.927. The smallest absolute Gasteiger partial charge is 0.335 e. The first-order chi connectivity index (χ1) is 9.88. The molecule has 0 saturated carbocycles. The molecule has 1 heterocycles. The number of nitrogens with zero attached hydrogens (tertiary/aromatic N) is 1. The molecule has 1 aromatic carbocycles. The maximum absolute atomic E-state index is 12.1. The number of rotatable bonds is 4. The molecule has 1 atom stereocenters. The number of alkyl halides is 3. The van der Waals surface area contributed by atoms with E-state index in [1.165, 1.54) is 0 Å². The second-order valence-corrected chi connectivity index (χ2v) is 5.32. The van der Waals surface area contributed by atoms with Crippen molar-refractivity contribution < 1.29 is 18.0 Å². The van der Waals surface area contributed by atoms with Crippen molar-refractivity contribution in [3.63, 3.8) is 0 Å². The summed E-state index contributed by atoms with van der Waals surface area (Å²) >= 11 is 0. The highest BCUT2D eigenvalue weighted by Gasteiger charge is 2.31. The predicted molar refractivity (Wildman–Crippen MR) is 73.8 cm³/mol. The molecule has 1 aliphatic rings. The van der Waals surface area contributed by atoms with Gasteiger partial charge in [-0.25, -0.2) is 0 Å². The van der Waals surface area contributed by atoms with Crippen LogP contribution in [0.25, 0.3) is 0 Å². The molecule has 6 heteroatoms. The SMILES string of the molecule is Cc1ccccc1C1CCCN1C(=O)CNCC(F)(F)F. The molecule has 0 spiro atoms. The molecule has 1 aromatic rings. The summed E-state index contributed by atoms with van der Waals surface area (Å²) in [6.45, 7) is 1.17. The van der Waals surface area contributed by atoms with Gasteiger partial charge in [0.25, 0.3) is 0 Å². The third kappa shape index (κ3) is 4.20. The Balaban J connectivity index is 1.99. The number of nitrogens with one attached hydrogen (secondary N) is 1. The standard InChI is InChI=1S/C15H19F3N2O/c1-11-5-2-3-6-12(11)13-7-4-8-20(13)14(21)9-19-10-15(16,17)18/h2-3,5-6,13,19H,4,7-10H2,1H3. The topological polar surface area (TPSA) is 32.3 Å². The molecule has 21 heavy (non-hydrogen) atoms. The van der Waals surface area contributed by atoms with Crippen molar-refractivity contribution in [2.75, 3.05) is 19.6 Å². The fraction of sp³-hybridized carbons (Fsp3) is 0.533. The van der Waals surface area contributed by atoms with Crippen LogP contribution < -0.4 is 5.32 Å². The normalized spacial score (nSPS) is 19.0. The first-order valence-electron chi connectivity index (χ1n) is 7.01. The molecule has 1 amide bonds. The largest absolute Gasteiger partial charge is 0.401 e. The first-order valence-corrected chi connectivity index (χ1v) is 7.01. The Bertz CT molecular complexity index is 502. The van der Waals surface area contributed by atoms with Crippen LogP contribution in [0.1, 0.15) is 30.0 Å². The van der Waals surface area contributed by atoms with E-state index < -0.39 is 12.7 Å². The highest BCUT2D eigenvalue weighted by atomic mass is 19.4. The van der Waals surface area contributed by atoms with Gasteiger partial charge < -0.3 is 10.2 Å². The van der Waals surface area contributed by atoms with Gasteiger partial charge in [0.2, 0.25) is 5.91 Å². The molecule has 2 rings (SSSR count). The molecule has 0 radical (unpaired) electrons. The van der Waals surface area contributed by atoms with E-state index in [1.807, 2.05) is 31.2 Å². The zero-order chi connectivity index (χ0) is 15.5. The van der Waals surface area contributed by atoms with Gasteiger partial charge in [-0.05, 0) is 30.9 Å². The predicted octanol–water partition coefficient (Wildman–Crippen LogP) is 2.81. The third-order valence-corrected chi connectivity index (χ3v) is 3.72. The number of carbonyl (C=O) groups is 1. The average Bonchev–Trinajstić information content (AvgIpc) is 2.86. The molecular formula is C15H19F3N2O. The Morgan fingerprint density at radius 1 is 1.38 bits per heavy atom. The van der Waals surface area contributed by atoms with E-state index in [4.69, 9.17) is 0 Å². The maximum Gasteiger partial charge on any atom is 0.401 e. The monoisotopic (exact) mass is 300 g/mol. The van der Waals surface area contributed by atoms with Crippen molar-refractivity contribution in [3.8, 4) is 0 Å². The lowest BCUT2D eigenvalue weighted by atomic mass is 9.99. The number of benzene rings is 1. The van der Waals surface area contributed by atoms with Crippen LogP contribution in [0.5, 0.6) is 0 Å².